The first-order valence-corrected chi connectivity index (χ1v) is 9.69. The molecular formula is C20H15ClF3N5O2. The molecule has 0 aliphatic carbocycles. The first kappa shape index (κ1) is 20.9. The van der Waals surface area contributed by atoms with Gasteiger partial charge in [-0.2, -0.15) is 23.4 Å². The Morgan fingerprint density at radius 2 is 2.00 bits per heavy atom. The summed E-state index contributed by atoms with van der Waals surface area (Å²) in [5.41, 5.74) is 1.67. The van der Waals surface area contributed by atoms with Crippen molar-refractivity contribution in [3.8, 4) is 17.5 Å². The maximum absolute atomic E-state index is 13.2. The van der Waals surface area contributed by atoms with E-state index in [1.54, 1.807) is 12.1 Å². The van der Waals surface area contributed by atoms with Crippen LogP contribution < -0.4 is 0 Å². The molecule has 11 heteroatoms. The van der Waals surface area contributed by atoms with Gasteiger partial charge in [-0.3, -0.25) is 0 Å². The Balaban J connectivity index is 1.76. The number of benzene rings is 1. The van der Waals surface area contributed by atoms with Gasteiger partial charge in [-0.05, 0) is 31.5 Å². The fraction of sp³-hybridized carbons (Fsp3) is 0.300. The average Bonchev–Trinajstić information content (AvgIpc) is 3.41. The largest absolute Gasteiger partial charge is 0.453 e. The predicted octanol–water partition coefficient (Wildman–Crippen LogP) is 5.53. The molecule has 3 heterocycles. The standard InChI is InChI=1S/C20H15ClF3N5O2/c1-3-4-12-7-13-14(6-5-11(8-25)17(13)21)29(12)9-15-26-19(31-28-15)16-10(2)27-30-18(16)20(22,23)24/h5-7H,3-4,9H2,1-2H3. The lowest BCUT2D eigenvalue weighted by Gasteiger charge is -2.08. The Kier molecular flexibility index (Phi) is 5.23. The van der Waals surface area contributed by atoms with Crippen molar-refractivity contribution in [3.05, 3.63) is 51.8 Å². The molecule has 0 saturated carbocycles. The Bertz CT molecular complexity index is 1310. The molecule has 31 heavy (non-hydrogen) atoms. The summed E-state index contributed by atoms with van der Waals surface area (Å²) < 4.78 is 51.1. The van der Waals surface area contributed by atoms with Crippen molar-refractivity contribution in [1.82, 2.24) is 19.9 Å². The van der Waals surface area contributed by atoms with Gasteiger partial charge < -0.3 is 13.6 Å². The van der Waals surface area contributed by atoms with E-state index in [0.717, 1.165) is 24.1 Å². The van der Waals surface area contributed by atoms with Gasteiger partial charge in [0, 0.05) is 11.1 Å². The minimum Gasteiger partial charge on any atom is -0.351 e. The highest BCUT2D eigenvalue weighted by Gasteiger charge is 2.42. The number of fused-ring (bicyclic) bond motifs is 1. The molecule has 160 valence electrons. The molecule has 0 aliphatic heterocycles. The van der Waals surface area contributed by atoms with Gasteiger partial charge in [0.15, 0.2) is 5.82 Å². The van der Waals surface area contributed by atoms with Crippen LogP contribution in [-0.2, 0) is 19.1 Å². The highest BCUT2D eigenvalue weighted by Crippen LogP contribution is 2.38. The number of hydrogen-bond acceptors (Lipinski definition) is 6. The second kappa shape index (κ2) is 7.74. The van der Waals surface area contributed by atoms with Crippen molar-refractivity contribution >= 4 is 22.5 Å². The van der Waals surface area contributed by atoms with Gasteiger partial charge in [-0.25, -0.2) is 0 Å². The first-order chi connectivity index (χ1) is 14.7. The minimum absolute atomic E-state index is 0.00331. The van der Waals surface area contributed by atoms with Crippen molar-refractivity contribution in [2.24, 2.45) is 0 Å². The van der Waals surface area contributed by atoms with Crippen molar-refractivity contribution in [2.75, 3.05) is 0 Å². The summed E-state index contributed by atoms with van der Waals surface area (Å²) in [5, 5.41) is 17.5. The molecule has 0 atom stereocenters. The van der Waals surface area contributed by atoms with E-state index in [-0.39, 0.29) is 29.5 Å². The summed E-state index contributed by atoms with van der Waals surface area (Å²) in [6.45, 7) is 3.53. The molecule has 0 spiro atoms. The monoisotopic (exact) mass is 449 g/mol. The molecule has 0 unspecified atom stereocenters. The molecule has 4 aromatic rings. The van der Waals surface area contributed by atoms with Gasteiger partial charge in [-0.15, -0.1) is 0 Å². The fourth-order valence-corrected chi connectivity index (χ4v) is 3.72. The minimum atomic E-state index is -4.74. The van der Waals surface area contributed by atoms with Gasteiger partial charge in [0.05, 0.1) is 28.3 Å². The third kappa shape index (κ3) is 3.65. The van der Waals surface area contributed by atoms with Crippen LogP contribution in [0.2, 0.25) is 5.02 Å². The second-order valence-electron chi connectivity index (χ2n) is 6.93. The van der Waals surface area contributed by atoms with E-state index in [1.165, 1.54) is 6.92 Å². The summed E-state index contributed by atoms with van der Waals surface area (Å²) in [7, 11) is 0. The van der Waals surface area contributed by atoms with E-state index in [4.69, 9.17) is 16.1 Å². The quantitative estimate of drug-likeness (QED) is 0.397. The van der Waals surface area contributed by atoms with E-state index in [0.29, 0.717) is 16.0 Å². The number of hydrogen-bond donors (Lipinski definition) is 0. The summed E-state index contributed by atoms with van der Waals surface area (Å²) in [6, 6.07) is 7.34. The number of nitriles is 1. The van der Waals surface area contributed by atoms with Crippen molar-refractivity contribution in [3.63, 3.8) is 0 Å². The SMILES string of the molecule is CCCc1cc2c(Cl)c(C#N)ccc2n1Cc1noc(-c2c(C)noc2C(F)(F)F)n1. The van der Waals surface area contributed by atoms with Gasteiger partial charge in [0.2, 0.25) is 0 Å². The molecule has 0 saturated heterocycles. The smallest absolute Gasteiger partial charge is 0.351 e. The third-order valence-corrected chi connectivity index (χ3v) is 5.24. The molecule has 0 aliphatic rings. The molecule has 0 N–H and O–H groups in total. The van der Waals surface area contributed by atoms with Gasteiger partial charge in [-0.1, -0.05) is 35.3 Å². The van der Waals surface area contributed by atoms with Crippen LogP contribution in [0.15, 0.2) is 27.2 Å². The molecule has 3 aromatic heterocycles. The number of halogens is 4. The van der Waals surface area contributed by atoms with Gasteiger partial charge in [0.25, 0.3) is 11.7 Å². The topological polar surface area (TPSA) is 93.7 Å². The van der Waals surface area contributed by atoms with E-state index >= 15 is 0 Å². The zero-order valence-electron chi connectivity index (χ0n) is 16.4. The molecule has 0 bridgehead atoms. The summed E-state index contributed by atoms with van der Waals surface area (Å²) >= 11 is 6.37. The predicted molar refractivity (Wildman–Crippen MR) is 104 cm³/mol. The lowest BCUT2D eigenvalue weighted by Crippen LogP contribution is -2.06. The van der Waals surface area contributed by atoms with Gasteiger partial charge in [0.1, 0.15) is 11.6 Å². The molecule has 0 fully saturated rings. The second-order valence-corrected chi connectivity index (χ2v) is 7.31. The van der Waals surface area contributed by atoms with E-state index in [9.17, 15) is 18.4 Å². The maximum Gasteiger partial charge on any atom is 0.453 e. The number of alkyl halides is 3. The molecule has 0 amide bonds. The van der Waals surface area contributed by atoms with Crippen LogP contribution in [0.5, 0.6) is 0 Å². The van der Waals surface area contributed by atoms with Crippen molar-refractivity contribution < 1.29 is 22.2 Å². The Morgan fingerprint density at radius 3 is 2.68 bits per heavy atom. The summed E-state index contributed by atoms with van der Waals surface area (Å²) in [6.07, 6.45) is -3.17. The summed E-state index contributed by atoms with van der Waals surface area (Å²) in [5.74, 6) is -1.42. The number of nitrogens with zero attached hydrogens (tertiary/aromatic N) is 5. The highest BCUT2D eigenvalue weighted by atomic mass is 35.5. The third-order valence-electron chi connectivity index (χ3n) is 4.83. The summed E-state index contributed by atoms with van der Waals surface area (Å²) in [4.78, 5) is 4.14. The van der Waals surface area contributed by atoms with Crippen LogP contribution in [-0.4, -0.2) is 19.9 Å². The Morgan fingerprint density at radius 1 is 1.23 bits per heavy atom. The zero-order valence-corrected chi connectivity index (χ0v) is 17.2. The van der Waals surface area contributed by atoms with Crippen LogP contribution in [0, 0.1) is 18.3 Å². The lowest BCUT2D eigenvalue weighted by atomic mass is 10.1. The van der Waals surface area contributed by atoms with Crippen LogP contribution in [0.4, 0.5) is 13.2 Å². The van der Waals surface area contributed by atoms with E-state index in [2.05, 4.69) is 25.9 Å². The molecule has 0 radical (unpaired) electrons. The van der Waals surface area contributed by atoms with E-state index < -0.39 is 11.9 Å². The van der Waals surface area contributed by atoms with Crippen LogP contribution in [0.25, 0.3) is 22.4 Å². The molecule has 7 nitrogen and oxygen atoms in total. The normalized spacial score (nSPS) is 11.9. The van der Waals surface area contributed by atoms with Crippen LogP contribution in [0.3, 0.4) is 0 Å². The zero-order chi connectivity index (χ0) is 22.3. The Hall–Kier alpha value is -3.32. The highest BCUT2D eigenvalue weighted by molar-refractivity contribution is 6.36. The first-order valence-electron chi connectivity index (χ1n) is 9.31. The fourth-order valence-electron chi connectivity index (χ4n) is 3.47. The van der Waals surface area contributed by atoms with Gasteiger partial charge >= 0.3 is 6.18 Å². The molecular weight excluding hydrogens is 435 g/mol. The van der Waals surface area contributed by atoms with E-state index in [1.807, 2.05) is 17.6 Å². The van der Waals surface area contributed by atoms with Crippen molar-refractivity contribution in [2.45, 2.75) is 39.4 Å². The van der Waals surface area contributed by atoms with Crippen LogP contribution >= 0.6 is 11.6 Å². The average molecular weight is 450 g/mol. The lowest BCUT2D eigenvalue weighted by molar-refractivity contribution is -0.155. The maximum atomic E-state index is 13.2. The number of aryl methyl sites for hydroxylation is 2. The molecule has 1 aromatic carbocycles. The van der Waals surface area contributed by atoms with Crippen LogP contribution in [0.1, 0.15) is 41.9 Å². The van der Waals surface area contributed by atoms with Crippen molar-refractivity contribution in [1.29, 1.82) is 5.26 Å². The number of rotatable bonds is 5. The number of aromatic nitrogens is 4. The Labute approximate surface area is 179 Å². The molecule has 4 rings (SSSR count).